The molecule has 0 spiro atoms. The molecule has 1 unspecified atom stereocenters. The molecular weight excluding hydrogens is 273 g/mol. The van der Waals surface area contributed by atoms with Crippen LogP contribution in [0.25, 0.3) is 0 Å². The second-order valence-corrected chi connectivity index (χ2v) is 5.23. The van der Waals surface area contributed by atoms with Gasteiger partial charge in [-0.15, -0.1) is 0 Å². The minimum atomic E-state index is -0.729. The van der Waals surface area contributed by atoms with Crippen LogP contribution in [0.1, 0.15) is 32.6 Å². The van der Waals surface area contributed by atoms with E-state index in [1.54, 1.807) is 12.1 Å². The molecule has 5 heteroatoms. The van der Waals surface area contributed by atoms with Gasteiger partial charge in [0.25, 0.3) is 0 Å². The van der Waals surface area contributed by atoms with Crippen LogP contribution in [-0.2, 0) is 4.79 Å². The second kappa shape index (κ2) is 10.2. The third-order valence-electron chi connectivity index (χ3n) is 3.25. The van der Waals surface area contributed by atoms with Crippen molar-refractivity contribution in [3.63, 3.8) is 0 Å². The van der Waals surface area contributed by atoms with Crippen LogP contribution in [0.3, 0.4) is 0 Å². The normalized spacial score (nSPS) is 12.1. The lowest BCUT2D eigenvalue weighted by atomic mass is 10.0. The van der Waals surface area contributed by atoms with Crippen molar-refractivity contribution in [2.75, 3.05) is 19.7 Å². The molecular formula is C16H24FNO3. The molecule has 1 atom stereocenters. The van der Waals surface area contributed by atoms with Crippen LogP contribution in [0.15, 0.2) is 24.3 Å². The fourth-order valence-electron chi connectivity index (χ4n) is 1.91. The maximum Gasteiger partial charge on any atom is 0.303 e. The van der Waals surface area contributed by atoms with E-state index in [9.17, 15) is 9.18 Å². The molecule has 1 aromatic carbocycles. The van der Waals surface area contributed by atoms with Gasteiger partial charge in [-0.05, 0) is 62.5 Å². The number of halogens is 1. The number of ether oxygens (including phenoxy) is 1. The zero-order valence-corrected chi connectivity index (χ0v) is 12.5. The molecule has 0 aliphatic rings. The summed E-state index contributed by atoms with van der Waals surface area (Å²) in [5.41, 5.74) is 0. The van der Waals surface area contributed by atoms with Gasteiger partial charge in [0.1, 0.15) is 11.6 Å². The van der Waals surface area contributed by atoms with Crippen LogP contribution in [0, 0.1) is 11.7 Å². The van der Waals surface area contributed by atoms with E-state index in [4.69, 9.17) is 9.84 Å². The highest BCUT2D eigenvalue weighted by Gasteiger charge is 2.04. The maximum atomic E-state index is 12.7. The Bertz CT molecular complexity index is 408. The van der Waals surface area contributed by atoms with E-state index in [1.165, 1.54) is 12.1 Å². The van der Waals surface area contributed by atoms with Crippen molar-refractivity contribution >= 4 is 5.97 Å². The number of benzene rings is 1. The highest BCUT2D eigenvalue weighted by Crippen LogP contribution is 2.11. The van der Waals surface area contributed by atoms with Crippen molar-refractivity contribution in [3.8, 4) is 5.75 Å². The largest absolute Gasteiger partial charge is 0.494 e. The average Bonchev–Trinajstić information content (AvgIpc) is 2.46. The van der Waals surface area contributed by atoms with Crippen LogP contribution in [0.5, 0.6) is 5.75 Å². The standard InChI is InChI=1S/C16H24FNO3/c1-13(3-8-16(19)20)9-11-18-10-2-12-21-15-6-4-14(17)5-7-15/h4-7,13,18H,2-3,8-12H2,1H3,(H,19,20). The van der Waals surface area contributed by atoms with Crippen molar-refractivity contribution in [3.05, 3.63) is 30.1 Å². The van der Waals surface area contributed by atoms with Crippen molar-refractivity contribution in [1.29, 1.82) is 0 Å². The van der Waals surface area contributed by atoms with E-state index in [2.05, 4.69) is 12.2 Å². The molecule has 0 saturated heterocycles. The first-order valence-corrected chi connectivity index (χ1v) is 7.39. The van der Waals surface area contributed by atoms with Gasteiger partial charge in [0.2, 0.25) is 0 Å². The third-order valence-corrected chi connectivity index (χ3v) is 3.25. The molecule has 0 saturated carbocycles. The van der Waals surface area contributed by atoms with E-state index in [0.717, 1.165) is 32.4 Å². The van der Waals surface area contributed by atoms with Gasteiger partial charge in [-0.3, -0.25) is 4.79 Å². The Morgan fingerprint density at radius 1 is 1.29 bits per heavy atom. The summed E-state index contributed by atoms with van der Waals surface area (Å²) in [5, 5.41) is 11.9. The van der Waals surface area contributed by atoms with Gasteiger partial charge < -0.3 is 15.2 Å². The number of carboxylic acids is 1. The number of carboxylic acid groups (broad SMARTS) is 1. The van der Waals surface area contributed by atoms with Gasteiger partial charge in [-0.1, -0.05) is 6.92 Å². The van der Waals surface area contributed by atoms with E-state index in [0.29, 0.717) is 18.3 Å². The molecule has 0 aromatic heterocycles. The Labute approximate surface area is 125 Å². The molecule has 4 nitrogen and oxygen atoms in total. The van der Waals surface area contributed by atoms with Crippen LogP contribution in [0.2, 0.25) is 0 Å². The SMILES string of the molecule is CC(CCNCCCOc1ccc(F)cc1)CCC(=O)O. The zero-order valence-electron chi connectivity index (χ0n) is 12.5. The number of carbonyl (C=O) groups is 1. The Kier molecular flexibility index (Phi) is 8.43. The number of rotatable bonds is 11. The highest BCUT2D eigenvalue weighted by atomic mass is 19.1. The van der Waals surface area contributed by atoms with Gasteiger partial charge in [0, 0.05) is 6.42 Å². The predicted octanol–water partition coefficient (Wildman–Crippen LogP) is 3.08. The Hall–Kier alpha value is -1.62. The summed E-state index contributed by atoms with van der Waals surface area (Å²) >= 11 is 0. The molecule has 0 heterocycles. The van der Waals surface area contributed by atoms with E-state index < -0.39 is 5.97 Å². The van der Waals surface area contributed by atoms with Gasteiger partial charge in [0.15, 0.2) is 0 Å². The minimum absolute atomic E-state index is 0.243. The smallest absolute Gasteiger partial charge is 0.303 e. The van der Waals surface area contributed by atoms with Gasteiger partial charge >= 0.3 is 5.97 Å². The monoisotopic (exact) mass is 297 g/mol. The summed E-state index contributed by atoms with van der Waals surface area (Å²) in [5.74, 6) is 0.108. The minimum Gasteiger partial charge on any atom is -0.494 e. The molecule has 118 valence electrons. The Morgan fingerprint density at radius 3 is 2.67 bits per heavy atom. The van der Waals surface area contributed by atoms with Crippen LogP contribution in [0.4, 0.5) is 4.39 Å². The van der Waals surface area contributed by atoms with Gasteiger partial charge in [0.05, 0.1) is 6.61 Å². The number of hydrogen-bond donors (Lipinski definition) is 2. The summed E-state index contributed by atoms with van der Waals surface area (Å²) in [6, 6.07) is 6.00. The number of aliphatic carboxylic acids is 1. The molecule has 0 aliphatic heterocycles. The number of nitrogens with one attached hydrogen (secondary N) is 1. The number of hydrogen-bond acceptors (Lipinski definition) is 3. The first-order valence-electron chi connectivity index (χ1n) is 7.39. The topological polar surface area (TPSA) is 58.6 Å². The molecule has 1 rings (SSSR count). The summed E-state index contributed by atoms with van der Waals surface area (Å²) < 4.78 is 18.2. The van der Waals surface area contributed by atoms with Crippen LogP contribution >= 0.6 is 0 Å². The van der Waals surface area contributed by atoms with Crippen molar-refractivity contribution in [2.24, 2.45) is 5.92 Å². The molecule has 0 fully saturated rings. The van der Waals surface area contributed by atoms with Crippen LogP contribution < -0.4 is 10.1 Å². The van der Waals surface area contributed by atoms with Crippen molar-refractivity contribution in [1.82, 2.24) is 5.32 Å². The summed E-state index contributed by atoms with van der Waals surface area (Å²) in [6.45, 7) is 4.40. The van der Waals surface area contributed by atoms with Crippen molar-refractivity contribution in [2.45, 2.75) is 32.6 Å². The first kappa shape index (κ1) is 17.4. The molecule has 0 bridgehead atoms. The first-order chi connectivity index (χ1) is 10.1. The molecule has 21 heavy (non-hydrogen) atoms. The van der Waals surface area contributed by atoms with Crippen molar-refractivity contribution < 1.29 is 19.0 Å². The zero-order chi connectivity index (χ0) is 15.5. The molecule has 0 amide bonds. The highest BCUT2D eigenvalue weighted by molar-refractivity contribution is 5.66. The second-order valence-electron chi connectivity index (χ2n) is 5.23. The molecule has 0 radical (unpaired) electrons. The van der Waals surface area contributed by atoms with E-state index in [1.807, 2.05) is 0 Å². The molecule has 1 aromatic rings. The van der Waals surface area contributed by atoms with Gasteiger partial charge in [-0.2, -0.15) is 0 Å². The molecule has 0 aliphatic carbocycles. The Morgan fingerprint density at radius 2 is 2.00 bits per heavy atom. The fourth-order valence-corrected chi connectivity index (χ4v) is 1.91. The third kappa shape index (κ3) is 9.02. The molecule has 2 N–H and O–H groups in total. The quantitative estimate of drug-likeness (QED) is 0.616. The van der Waals surface area contributed by atoms with Crippen LogP contribution in [-0.4, -0.2) is 30.8 Å². The summed E-state index contributed by atoms with van der Waals surface area (Å²) in [7, 11) is 0. The predicted molar refractivity (Wildman–Crippen MR) is 80.0 cm³/mol. The Balaban J connectivity index is 1.95. The lowest BCUT2D eigenvalue weighted by Crippen LogP contribution is -2.20. The lowest BCUT2D eigenvalue weighted by molar-refractivity contribution is -0.137. The summed E-state index contributed by atoms with van der Waals surface area (Å²) in [4.78, 5) is 10.4. The van der Waals surface area contributed by atoms with E-state index >= 15 is 0 Å². The lowest BCUT2D eigenvalue weighted by Gasteiger charge is -2.11. The van der Waals surface area contributed by atoms with E-state index in [-0.39, 0.29) is 12.2 Å². The van der Waals surface area contributed by atoms with Gasteiger partial charge in [-0.25, -0.2) is 4.39 Å². The maximum absolute atomic E-state index is 12.7. The average molecular weight is 297 g/mol. The summed E-state index contributed by atoms with van der Waals surface area (Å²) in [6.07, 6.45) is 2.82. The fraction of sp³-hybridized carbons (Fsp3) is 0.562.